The quantitative estimate of drug-likeness (QED) is 0.703. The lowest BCUT2D eigenvalue weighted by Crippen LogP contribution is -2.33. The predicted molar refractivity (Wildman–Crippen MR) is 113 cm³/mol. The van der Waals surface area contributed by atoms with Crippen LogP contribution in [0.1, 0.15) is 43.9 Å². The Kier molecular flexibility index (Phi) is 4.11. The Morgan fingerprint density at radius 2 is 2.00 bits per heavy atom. The van der Waals surface area contributed by atoms with Gasteiger partial charge in [0.05, 0.1) is 5.57 Å². The second-order valence-corrected chi connectivity index (χ2v) is 8.45. The maximum atomic E-state index is 10.0. The number of benzene rings is 1. The van der Waals surface area contributed by atoms with Crippen molar-refractivity contribution in [2.24, 2.45) is 0 Å². The van der Waals surface area contributed by atoms with E-state index in [4.69, 9.17) is 0 Å². The first-order chi connectivity index (χ1) is 12.9. The second-order valence-electron chi connectivity index (χ2n) is 8.45. The van der Waals surface area contributed by atoms with Crippen LogP contribution in [-0.4, -0.2) is 37.5 Å². The van der Waals surface area contributed by atoms with Gasteiger partial charge in [0, 0.05) is 36.3 Å². The lowest BCUT2D eigenvalue weighted by Gasteiger charge is -2.40. The van der Waals surface area contributed by atoms with E-state index in [1.807, 2.05) is 0 Å². The average molecular weight is 359 g/mol. The zero-order valence-electron chi connectivity index (χ0n) is 17.1. The summed E-state index contributed by atoms with van der Waals surface area (Å²) in [5.41, 5.74) is 9.35. The first kappa shape index (κ1) is 17.8. The number of allylic oxidation sites excluding steroid dienone is 6. The summed E-state index contributed by atoms with van der Waals surface area (Å²) >= 11 is 0. The molecule has 0 saturated heterocycles. The van der Waals surface area contributed by atoms with Crippen molar-refractivity contribution in [2.75, 3.05) is 32.1 Å². The third kappa shape index (κ3) is 2.58. The van der Waals surface area contributed by atoms with E-state index in [9.17, 15) is 5.26 Å². The van der Waals surface area contributed by atoms with Crippen molar-refractivity contribution in [3.63, 3.8) is 0 Å². The molecule has 27 heavy (non-hydrogen) atoms. The number of hydrogen-bond donors (Lipinski definition) is 0. The first-order valence-electron chi connectivity index (χ1n) is 9.90. The van der Waals surface area contributed by atoms with Gasteiger partial charge in [-0.2, -0.15) is 5.26 Å². The number of rotatable bonds is 1. The molecular weight excluding hydrogens is 330 g/mol. The highest BCUT2D eigenvalue weighted by Gasteiger charge is 2.39. The summed E-state index contributed by atoms with van der Waals surface area (Å²) in [5.74, 6) is 0. The molecule has 0 saturated carbocycles. The Morgan fingerprint density at radius 3 is 2.67 bits per heavy atom. The predicted octanol–water partition coefficient (Wildman–Crippen LogP) is 4.24. The molecule has 0 unspecified atom stereocenters. The zero-order chi connectivity index (χ0) is 19.3. The maximum Gasteiger partial charge on any atom is 0.199 e. The highest BCUT2D eigenvalue weighted by atomic mass is 15.1. The van der Waals surface area contributed by atoms with Gasteiger partial charge in [0.2, 0.25) is 0 Å². The summed E-state index contributed by atoms with van der Waals surface area (Å²) in [6, 6.07) is 7.20. The van der Waals surface area contributed by atoms with E-state index in [0.717, 1.165) is 36.2 Å². The van der Waals surface area contributed by atoms with Gasteiger partial charge in [0.25, 0.3) is 0 Å². The minimum atomic E-state index is -0.136. The smallest absolute Gasteiger partial charge is 0.199 e. The summed E-state index contributed by atoms with van der Waals surface area (Å²) < 4.78 is 2.13. The van der Waals surface area contributed by atoms with Crippen LogP contribution in [0, 0.1) is 11.3 Å². The van der Waals surface area contributed by atoms with Crippen LogP contribution in [0.2, 0.25) is 0 Å². The number of anilines is 1. The van der Waals surface area contributed by atoms with Gasteiger partial charge in [-0.15, -0.1) is 0 Å². The second kappa shape index (κ2) is 6.23. The molecule has 3 nitrogen and oxygen atoms in total. The molecule has 1 aliphatic heterocycles. The minimum Gasteiger partial charge on any atom is -0.372 e. The van der Waals surface area contributed by atoms with Crippen molar-refractivity contribution < 1.29 is 4.58 Å². The monoisotopic (exact) mass is 358 g/mol. The third-order valence-electron chi connectivity index (χ3n) is 6.33. The van der Waals surface area contributed by atoms with Crippen molar-refractivity contribution in [1.29, 1.82) is 5.26 Å². The van der Waals surface area contributed by atoms with Gasteiger partial charge in [0.1, 0.15) is 20.2 Å². The SMILES string of the molecule is CCN1CCCc2cc3c(cc21)C(C)(C)C1=CC(=[N+](C)C)C=CC1=C3C#N. The molecule has 0 aromatic heterocycles. The molecule has 1 heterocycles. The van der Waals surface area contributed by atoms with Crippen LogP contribution in [-0.2, 0) is 11.8 Å². The van der Waals surface area contributed by atoms with Crippen molar-refractivity contribution >= 4 is 17.0 Å². The Hall–Kier alpha value is -2.60. The number of aryl methyl sites for hydroxylation is 1. The molecule has 2 aliphatic carbocycles. The van der Waals surface area contributed by atoms with Crippen LogP contribution < -0.4 is 4.90 Å². The third-order valence-corrected chi connectivity index (χ3v) is 6.33. The topological polar surface area (TPSA) is 30.0 Å². The summed E-state index contributed by atoms with van der Waals surface area (Å²) in [6.07, 6.45) is 8.80. The van der Waals surface area contributed by atoms with Gasteiger partial charge in [-0.25, -0.2) is 4.58 Å². The lowest BCUT2D eigenvalue weighted by atomic mass is 9.65. The average Bonchev–Trinajstić information content (AvgIpc) is 2.66. The number of nitriles is 1. The summed E-state index contributed by atoms with van der Waals surface area (Å²) in [7, 11) is 4.13. The van der Waals surface area contributed by atoms with E-state index >= 15 is 0 Å². The highest BCUT2D eigenvalue weighted by molar-refractivity contribution is 6.06. The van der Waals surface area contributed by atoms with Crippen LogP contribution in [0.25, 0.3) is 5.57 Å². The van der Waals surface area contributed by atoms with Crippen molar-refractivity contribution in [3.8, 4) is 6.07 Å². The maximum absolute atomic E-state index is 10.0. The fraction of sp³-hybridized carbons (Fsp3) is 0.417. The first-order valence-corrected chi connectivity index (χ1v) is 9.90. The summed E-state index contributed by atoms with van der Waals surface area (Å²) in [4.78, 5) is 2.48. The van der Waals surface area contributed by atoms with Crippen LogP contribution in [0.5, 0.6) is 0 Å². The summed E-state index contributed by atoms with van der Waals surface area (Å²) in [5, 5.41) is 10.0. The molecule has 3 aliphatic rings. The van der Waals surface area contributed by atoms with E-state index in [1.165, 1.54) is 34.5 Å². The number of fused-ring (bicyclic) bond motifs is 3. The van der Waals surface area contributed by atoms with E-state index in [1.54, 1.807) is 0 Å². The molecule has 0 N–H and O–H groups in total. The van der Waals surface area contributed by atoms with Crippen molar-refractivity contribution in [2.45, 2.75) is 39.0 Å². The molecule has 0 atom stereocenters. The molecule has 0 fully saturated rings. The standard InChI is InChI=1S/C24H28N3/c1-6-27-11-7-8-16-12-19-20(15-25)18-10-9-17(26(4)5)13-21(18)24(2,3)22(19)14-23(16)27/h9-10,12-14H,6-8,11H2,1-5H3/q+1. The molecule has 1 aromatic rings. The van der Waals surface area contributed by atoms with Gasteiger partial charge in [-0.1, -0.05) is 13.8 Å². The Labute approximate surface area is 162 Å². The van der Waals surface area contributed by atoms with E-state index in [-0.39, 0.29) is 5.41 Å². The minimum absolute atomic E-state index is 0.136. The van der Waals surface area contributed by atoms with E-state index in [0.29, 0.717) is 0 Å². The van der Waals surface area contributed by atoms with Gasteiger partial charge < -0.3 is 4.90 Å². The fourth-order valence-electron chi connectivity index (χ4n) is 4.72. The van der Waals surface area contributed by atoms with Crippen LogP contribution in [0.3, 0.4) is 0 Å². The fourth-order valence-corrected chi connectivity index (χ4v) is 4.72. The van der Waals surface area contributed by atoms with Crippen molar-refractivity contribution in [3.05, 3.63) is 58.2 Å². The molecule has 4 rings (SSSR count). The largest absolute Gasteiger partial charge is 0.372 e. The van der Waals surface area contributed by atoms with Crippen molar-refractivity contribution in [1.82, 2.24) is 0 Å². The van der Waals surface area contributed by atoms with Crippen LogP contribution >= 0.6 is 0 Å². The molecular formula is C24H28N3+. The molecule has 0 amide bonds. The summed E-state index contributed by atoms with van der Waals surface area (Å²) in [6.45, 7) is 8.97. The van der Waals surface area contributed by atoms with Gasteiger partial charge in [-0.3, -0.25) is 0 Å². The van der Waals surface area contributed by atoms with Crippen LogP contribution in [0.15, 0.2) is 41.5 Å². The Morgan fingerprint density at radius 1 is 1.22 bits per heavy atom. The Balaban J connectivity index is 2.02. The van der Waals surface area contributed by atoms with Crippen LogP contribution in [0.4, 0.5) is 5.69 Å². The normalized spacial score (nSPS) is 19.8. The van der Waals surface area contributed by atoms with Gasteiger partial charge in [-0.05, 0) is 65.8 Å². The van der Waals surface area contributed by atoms with E-state index < -0.39 is 0 Å². The molecule has 138 valence electrons. The van der Waals surface area contributed by atoms with E-state index in [2.05, 4.69) is 80.8 Å². The number of nitrogens with zero attached hydrogens (tertiary/aromatic N) is 3. The molecule has 3 heteroatoms. The zero-order valence-corrected chi connectivity index (χ0v) is 17.1. The lowest BCUT2D eigenvalue weighted by molar-refractivity contribution is -0.462. The highest BCUT2D eigenvalue weighted by Crippen LogP contribution is 2.49. The number of hydrogen-bond acceptors (Lipinski definition) is 2. The van der Waals surface area contributed by atoms with Gasteiger partial charge >= 0.3 is 0 Å². The molecule has 1 aromatic carbocycles. The molecule has 0 radical (unpaired) electrons. The Bertz CT molecular complexity index is 989. The molecule has 0 spiro atoms. The van der Waals surface area contributed by atoms with Gasteiger partial charge in [0.15, 0.2) is 5.71 Å². The molecule has 0 bridgehead atoms.